The number of aryl methyl sites for hydroxylation is 1. The summed E-state index contributed by atoms with van der Waals surface area (Å²) in [6, 6.07) is 15.4. The van der Waals surface area contributed by atoms with Gasteiger partial charge in [0.2, 0.25) is 0 Å². The van der Waals surface area contributed by atoms with Gasteiger partial charge in [0, 0.05) is 12.4 Å². The molecule has 1 heterocycles. The Kier molecular flexibility index (Phi) is 6.07. The van der Waals surface area contributed by atoms with Gasteiger partial charge in [-0.1, -0.05) is 48.5 Å². The molecule has 0 unspecified atom stereocenters. The van der Waals surface area contributed by atoms with Gasteiger partial charge >= 0.3 is 5.97 Å². The Morgan fingerprint density at radius 1 is 1.03 bits per heavy atom. The van der Waals surface area contributed by atoms with Crippen LogP contribution in [0, 0.1) is 0 Å². The third kappa shape index (κ3) is 4.68. The predicted molar refractivity (Wildman–Crippen MR) is 109 cm³/mol. The molecule has 3 rings (SSSR count). The summed E-state index contributed by atoms with van der Waals surface area (Å²) in [5.41, 5.74) is 0.619. The second-order valence-corrected chi connectivity index (χ2v) is 7.00. The topological polar surface area (TPSA) is 90.3 Å². The zero-order chi connectivity index (χ0) is 21.0. The molecular formula is C22H23N3O4. The van der Waals surface area contributed by atoms with Gasteiger partial charge in [-0.15, -0.1) is 0 Å². The Morgan fingerprint density at radius 2 is 1.66 bits per heavy atom. The van der Waals surface area contributed by atoms with Crippen molar-refractivity contribution in [3.8, 4) is 0 Å². The van der Waals surface area contributed by atoms with E-state index in [0.717, 1.165) is 10.2 Å². The third-order valence-electron chi connectivity index (χ3n) is 4.42. The van der Waals surface area contributed by atoms with Gasteiger partial charge in [0.1, 0.15) is 0 Å². The molecule has 0 radical (unpaired) electrons. The van der Waals surface area contributed by atoms with E-state index in [1.54, 1.807) is 38.1 Å². The molecule has 0 bridgehead atoms. The summed E-state index contributed by atoms with van der Waals surface area (Å²) in [5, 5.41) is 7.90. The molecular weight excluding hydrogens is 370 g/mol. The standard InChI is InChI=1S/C22H23N3O4/c1-14(2)29-19(26)13-18(15-9-5-4-6-10-15)23-21(27)20-16-11-7-8-12-17(16)22(28)25(3)24-20/h4-12,14,18H,13H2,1-3H3,(H,23,27)/t18-/m1/s1. The van der Waals surface area contributed by atoms with Gasteiger partial charge in [0.25, 0.3) is 11.5 Å². The highest BCUT2D eigenvalue weighted by atomic mass is 16.5. The third-order valence-corrected chi connectivity index (χ3v) is 4.42. The van der Waals surface area contributed by atoms with Crippen LogP contribution in [0.5, 0.6) is 0 Å². The van der Waals surface area contributed by atoms with Crippen molar-refractivity contribution in [2.75, 3.05) is 0 Å². The molecule has 0 fully saturated rings. The van der Waals surface area contributed by atoms with Crippen LogP contribution in [0.15, 0.2) is 59.4 Å². The molecule has 1 aromatic heterocycles. The van der Waals surface area contributed by atoms with E-state index in [2.05, 4.69) is 10.4 Å². The number of hydrogen-bond acceptors (Lipinski definition) is 5. The van der Waals surface area contributed by atoms with Crippen molar-refractivity contribution in [2.24, 2.45) is 7.05 Å². The largest absolute Gasteiger partial charge is 0.463 e. The highest BCUT2D eigenvalue weighted by molar-refractivity contribution is 6.05. The van der Waals surface area contributed by atoms with Crippen LogP contribution in [-0.2, 0) is 16.6 Å². The zero-order valence-electron chi connectivity index (χ0n) is 16.6. The van der Waals surface area contributed by atoms with Gasteiger partial charge in [-0.3, -0.25) is 14.4 Å². The monoisotopic (exact) mass is 393 g/mol. The number of aromatic nitrogens is 2. The number of hydrogen-bond donors (Lipinski definition) is 1. The molecule has 0 aliphatic rings. The first kappa shape index (κ1) is 20.3. The first-order valence-electron chi connectivity index (χ1n) is 9.38. The van der Waals surface area contributed by atoms with E-state index < -0.39 is 17.9 Å². The SMILES string of the molecule is CC(C)OC(=O)C[C@@H](NC(=O)c1nn(C)c(=O)c2ccccc12)c1ccccc1. The number of rotatable bonds is 6. The second-order valence-electron chi connectivity index (χ2n) is 7.00. The highest BCUT2D eigenvalue weighted by Gasteiger charge is 2.23. The van der Waals surface area contributed by atoms with Gasteiger partial charge in [0.15, 0.2) is 5.69 Å². The number of nitrogens with zero attached hydrogens (tertiary/aromatic N) is 2. The molecule has 0 saturated carbocycles. The molecule has 2 aromatic carbocycles. The lowest BCUT2D eigenvalue weighted by molar-refractivity contribution is -0.147. The summed E-state index contributed by atoms with van der Waals surface area (Å²) < 4.78 is 6.38. The maximum Gasteiger partial charge on any atom is 0.308 e. The van der Waals surface area contributed by atoms with Crippen LogP contribution in [0.1, 0.15) is 42.4 Å². The molecule has 0 saturated heterocycles. The minimum absolute atomic E-state index is 0.0162. The van der Waals surface area contributed by atoms with Gasteiger partial charge in [-0.25, -0.2) is 4.68 Å². The van der Waals surface area contributed by atoms with E-state index in [-0.39, 0.29) is 23.8 Å². The van der Waals surface area contributed by atoms with Crippen LogP contribution in [0.25, 0.3) is 10.8 Å². The lowest BCUT2D eigenvalue weighted by atomic mass is 10.0. The Hall–Kier alpha value is -3.48. The molecule has 1 amide bonds. The van der Waals surface area contributed by atoms with Crippen LogP contribution in [-0.4, -0.2) is 27.8 Å². The Labute approximate surface area is 168 Å². The number of carbonyl (C=O) groups is 2. The summed E-state index contributed by atoms with van der Waals surface area (Å²) in [6.07, 6.45) is -0.263. The molecule has 1 atom stereocenters. The van der Waals surface area contributed by atoms with Crippen LogP contribution in [0.4, 0.5) is 0 Å². The lowest BCUT2D eigenvalue weighted by Crippen LogP contribution is -2.33. The molecule has 3 aromatic rings. The second kappa shape index (κ2) is 8.68. The summed E-state index contributed by atoms with van der Waals surface area (Å²) in [6.45, 7) is 3.54. The average molecular weight is 393 g/mol. The van der Waals surface area contributed by atoms with Crippen LogP contribution in [0.2, 0.25) is 0 Å². The first-order valence-corrected chi connectivity index (χ1v) is 9.38. The summed E-state index contributed by atoms with van der Waals surface area (Å²) in [5.74, 6) is -0.879. The van der Waals surface area contributed by atoms with Crippen LogP contribution < -0.4 is 10.9 Å². The quantitative estimate of drug-likeness (QED) is 0.651. The van der Waals surface area contributed by atoms with Gasteiger partial charge < -0.3 is 10.1 Å². The van der Waals surface area contributed by atoms with Crippen molar-refractivity contribution >= 4 is 22.6 Å². The molecule has 7 heteroatoms. The van der Waals surface area contributed by atoms with E-state index in [9.17, 15) is 14.4 Å². The van der Waals surface area contributed by atoms with E-state index in [4.69, 9.17) is 4.74 Å². The fraction of sp³-hybridized carbons (Fsp3) is 0.273. The number of carbonyl (C=O) groups excluding carboxylic acids is 2. The molecule has 1 N–H and O–H groups in total. The molecule has 29 heavy (non-hydrogen) atoms. The van der Waals surface area contributed by atoms with Crippen molar-refractivity contribution < 1.29 is 14.3 Å². The zero-order valence-corrected chi connectivity index (χ0v) is 16.6. The summed E-state index contributed by atoms with van der Waals surface area (Å²) >= 11 is 0. The van der Waals surface area contributed by atoms with Gasteiger partial charge in [0.05, 0.1) is 24.0 Å². The van der Waals surface area contributed by atoms with Crippen LogP contribution >= 0.6 is 0 Å². The van der Waals surface area contributed by atoms with E-state index >= 15 is 0 Å². The van der Waals surface area contributed by atoms with Crippen molar-refractivity contribution in [2.45, 2.75) is 32.4 Å². The van der Waals surface area contributed by atoms with E-state index in [0.29, 0.717) is 10.8 Å². The van der Waals surface area contributed by atoms with E-state index in [1.165, 1.54) is 7.05 Å². The minimum Gasteiger partial charge on any atom is -0.463 e. The predicted octanol–water partition coefficient (Wildman–Crippen LogP) is 2.75. The van der Waals surface area contributed by atoms with Crippen molar-refractivity contribution in [3.05, 3.63) is 76.2 Å². The molecule has 0 aliphatic carbocycles. The molecule has 150 valence electrons. The van der Waals surface area contributed by atoms with Crippen LogP contribution in [0.3, 0.4) is 0 Å². The number of ether oxygens (including phenoxy) is 1. The maximum atomic E-state index is 13.1. The molecule has 7 nitrogen and oxygen atoms in total. The first-order chi connectivity index (χ1) is 13.9. The van der Waals surface area contributed by atoms with Gasteiger partial charge in [-0.05, 0) is 25.5 Å². The minimum atomic E-state index is -0.590. The summed E-state index contributed by atoms with van der Waals surface area (Å²) in [4.78, 5) is 37.6. The van der Waals surface area contributed by atoms with E-state index in [1.807, 2.05) is 30.3 Å². The highest BCUT2D eigenvalue weighted by Crippen LogP contribution is 2.20. The van der Waals surface area contributed by atoms with Crippen molar-refractivity contribution in [1.29, 1.82) is 0 Å². The smallest absolute Gasteiger partial charge is 0.308 e. The number of esters is 1. The normalized spacial score (nSPS) is 12.0. The number of fused-ring (bicyclic) bond motifs is 1. The summed E-state index contributed by atoms with van der Waals surface area (Å²) in [7, 11) is 1.50. The van der Waals surface area contributed by atoms with Gasteiger partial charge in [-0.2, -0.15) is 5.10 Å². The molecule has 0 spiro atoms. The number of benzene rings is 2. The fourth-order valence-corrected chi connectivity index (χ4v) is 3.11. The number of nitrogens with one attached hydrogen (secondary N) is 1. The maximum absolute atomic E-state index is 13.1. The Balaban J connectivity index is 1.95. The Bertz CT molecular complexity index is 1090. The Morgan fingerprint density at radius 3 is 2.31 bits per heavy atom. The van der Waals surface area contributed by atoms with Crippen molar-refractivity contribution in [3.63, 3.8) is 0 Å². The molecule has 0 aliphatic heterocycles. The lowest BCUT2D eigenvalue weighted by Gasteiger charge is -2.20. The average Bonchev–Trinajstić information content (AvgIpc) is 2.70. The van der Waals surface area contributed by atoms with Crippen molar-refractivity contribution in [1.82, 2.24) is 15.1 Å². The fourth-order valence-electron chi connectivity index (χ4n) is 3.11. The number of amides is 1.